The first-order valence-corrected chi connectivity index (χ1v) is 5.33. The molecule has 0 radical (unpaired) electrons. The summed E-state index contributed by atoms with van der Waals surface area (Å²) in [5.41, 5.74) is 5.61. The summed E-state index contributed by atoms with van der Waals surface area (Å²) in [5, 5.41) is 9.31. The van der Waals surface area contributed by atoms with E-state index < -0.39 is 0 Å². The highest BCUT2D eigenvalue weighted by Gasteiger charge is 2.45. The lowest BCUT2D eigenvalue weighted by Crippen LogP contribution is -2.45. The number of aliphatic hydroxyl groups excluding tert-OH is 1. The average molecular weight is 201 g/mol. The lowest BCUT2D eigenvalue weighted by Gasteiger charge is -2.42. The number of hydrogen-bond donors (Lipinski definition) is 2. The average Bonchev–Trinajstić information content (AvgIpc) is 2.69. The van der Waals surface area contributed by atoms with E-state index >= 15 is 0 Å². The first kappa shape index (κ1) is 10.4. The number of aliphatic hydroxyl groups is 1. The van der Waals surface area contributed by atoms with Gasteiger partial charge in [-0.05, 0) is 12.8 Å². The van der Waals surface area contributed by atoms with E-state index in [0.29, 0.717) is 19.8 Å². The van der Waals surface area contributed by atoms with Gasteiger partial charge in [0.05, 0.1) is 13.2 Å². The van der Waals surface area contributed by atoms with Gasteiger partial charge in [0.25, 0.3) is 0 Å². The standard InChI is InChI=1S/C10H19NO3/c11-7-9(8-12)1-3-10(4-2-9)13-5-6-14-10/h12H,1-8,11H2. The Morgan fingerprint density at radius 1 is 1.07 bits per heavy atom. The molecule has 2 fully saturated rings. The largest absolute Gasteiger partial charge is 0.396 e. The Balaban J connectivity index is 1.96. The molecule has 4 heteroatoms. The van der Waals surface area contributed by atoms with E-state index in [4.69, 9.17) is 15.2 Å². The van der Waals surface area contributed by atoms with Crippen LogP contribution in [-0.2, 0) is 9.47 Å². The molecule has 0 aromatic heterocycles. The van der Waals surface area contributed by atoms with Gasteiger partial charge in [0.15, 0.2) is 5.79 Å². The van der Waals surface area contributed by atoms with E-state index in [-0.39, 0.29) is 17.8 Å². The quantitative estimate of drug-likeness (QED) is 0.671. The van der Waals surface area contributed by atoms with E-state index in [2.05, 4.69) is 0 Å². The molecule has 0 bridgehead atoms. The highest BCUT2D eigenvalue weighted by molar-refractivity contribution is 4.91. The Bertz CT molecular complexity index is 180. The fourth-order valence-corrected chi connectivity index (χ4v) is 2.37. The van der Waals surface area contributed by atoms with Crippen LogP contribution >= 0.6 is 0 Å². The Morgan fingerprint density at radius 3 is 2.07 bits per heavy atom. The molecular weight excluding hydrogens is 182 g/mol. The second kappa shape index (κ2) is 3.77. The van der Waals surface area contributed by atoms with Gasteiger partial charge in [-0.2, -0.15) is 0 Å². The summed E-state index contributed by atoms with van der Waals surface area (Å²) < 4.78 is 11.2. The molecule has 0 amide bonds. The van der Waals surface area contributed by atoms with Gasteiger partial charge in [-0.1, -0.05) is 0 Å². The fourth-order valence-electron chi connectivity index (χ4n) is 2.37. The minimum absolute atomic E-state index is 0.0828. The molecule has 82 valence electrons. The van der Waals surface area contributed by atoms with Crippen molar-refractivity contribution in [2.45, 2.75) is 31.5 Å². The minimum Gasteiger partial charge on any atom is -0.396 e. The van der Waals surface area contributed by atoms with Crippen molar-refractivity contribution >= 4 is 0 Å². The maximum Gasteiger partial charge on any atom is 0.168 e. The zero-order valence-corrected chi connectivity index (χ0v) is 8.50. The molecule has 0 unspecified atom stereocenters. The zero-order valence-electron chi connectivity index (χ0n) is 8.50. The summed E-state index contributed by atoms with van der Waals surface area (Å²) in [6, 6.07) is 0. The molecule has 3 N–H and O–H groups in total. The summed E-state index contributed by atoms with van der Waals surface area (Å²) in [5.74, 6) is -0.339. The van der Waals surface area contributed by atoms with Crippen LogP contribution < -0.4 is 5.73 Å². The smallest absolute Gasteiger partial charge is 0.168 e. The lowest BCUT2D eigenvalue weighted by molar-refractivity contribution is -0.193. The van der Waals surface area contributed by atoms with Crippen LogP contribution in [0.1, 0.15) is 25.7 Å². The van der Waals surface area contributed by atoms with Crippen LogP contribution in [0.4, 0.5) is 0 Å². The Kier molecular flexibility index (Phi) is 2.79. The van der Waals surface area contributed by atoms with E-state index in [1.165, 1.54) is 0 Å². The molecular formula is C10H19NO3. The van der Waals surface area contributed by atoms with Crippen molar-refractivity contribution in [2.75, 3.05) is 26.4 Å². The van der Waals surface area contributed by atoms with E-state index in [0.717, 1.165) is 25.7 Å². The summed E-state index contributed by atoms with van der Waals surface area (Å²) >= 11 is 0. The Hall–Kier alpha value is -0.160. The van der Waals surface area contributed by atoms with E-state index in [1.54, 1.807) is 0 Å². The number of rotatable bonds is 2. The molecule has 0 atom stereocenters. The van der Waals surface area contributed by atoms with Gasteiger partial charge in [0.2, 0.25) is 0 Å². The summed E-state index contributed by atoms with van der Waals surface area (Å²) in [6.07, 6.45) is 3.54. The molecule has 1 aliphatic heterocycles. The van der Waals surface area contributed by atoms with Gasteiger partial charge in [-0.3, -0.25) is 0 Å². The third-order valence-electron chi connectivity index (χ3n) is 3.65. The molecule has 2 aliphatic rings. The van der Waals surface area contributed by atoms with Crippen LogP contribution in [0, 0.1) is 5.41 Å². The molecule has 1 heterocycles. The third-order valence-corrected chi connectivity index (χ3v) is 3.65. The number of hydrogen-bond acceptors (Lipinski definition) is 4. The van der Waals surface area contributed by atoms with Crippen molar-refractivity contribution in [1.82, 2.24) is 0 Å². The van der Waals surface area contributed by atoms with Crippen molar-refractivity contribution in [3.05, 3.63) is 0 Å². The number of nitrogens with two attached hydrogens (primary N) is 1. The van der Waals surface area contributed by atoms with E-state index in [1.807, 2.05) is 0 Å². The normalized spacial score (nSPS) is 29.6. The van der Waals surface area contributed by atoms with Gasteiger partial charge in [-0.25, -0.2) is 0 Å². The van der Waals surface area contributed by atoms with Crippen LogP contribution in [0.15, 0.2) is 0 Å². The molecule has 1 saturated heterocycles. The second-order valence-electron chi connectivity index (χ2n) is 4.47. The predicted molar refractivity (Wildman–Crippen MR) is 51.7 cm³/mol. The topological polar surface area (TPSA) is 64.7 Å². The molecule has 0 aromatic rings. The van der Waals surface area contributed by atoms with Gasteiger partial charge in [-0.15, -0.1) is 0 Å². The Labute approximate surface area is 84.4 Å². The predicted octanol–water partition coefficient (Wildman–Crippen LogP) is 0.241. The van der Waals surface area contributed by atoms with Crippen molar-refractivity contribution in [1.29, 1.82) is 0 Å². The molecule has 4 nitrogen and oxygen atoms in total. The highest BCUT2D eigenvalue weighted by Crippen LogP contribution is 2.43. The fraction of sp³-hybridized carbons (Fsp3) is 1.00. The molecule has 0 aromatic carbocycles. The van der Waals surface area contributed by atoms with Crippen LogP contribution in [0.3, 0.4) is 0 Å². The highest BCUT2D eigenvalue weighted by atomic mass is 16.7. The minimum atomic E-state index is -0.339. The lowest BCUT2D eigenvalue weighted by atomic mass is 9.72. The molecule has 2 rings (SSSR count). The Morgan fingerprint density at radius 2 is 1.64 bits per heavy atom. The van der Waals surface area contributed by atoms with Crippen LogP contribution in [0.5, 0.6) is 0 Å². The molecule has 1 aliphatic carbocycles. The van der Waals surface area contributed by atoms with Crippen molar-refractivity contribution in [2.24, 2.45) is 11.1 Å². The summed E-state index contributed by atoms with van der Waals surface area (Å²) in [4.78, 5) is 0. The molecule has 1 saturated carbocycles. The van der Waals surface area contributed by atoms with Crippen LogP contribution in [0.25, 0.3) is 0 Å². The van der Waals surface area contributed by atoms with Gasteiger partial charge >= 0.3 is 0 Å². The maximum atomic E-state index is 9.31. The van der Waals surface area contributed by atoms with Crippen molar-refractivity contribution < 1.29 is 14.6 Å². The van der Waals surface area contributed by atoms with E-state index in [9.17, 15) is 5.11 Å². The van der Waals surface area contributed by atoms with Crippen molar-refractivity contribution in [3.8, 4) is 0 Å². The van der Waals surface area contributed by atoms with Gasteiger partial charge < -0.3 is 20.3 Å². The monoisotopic (exact) mass is 201 g/mol. The summed E-state index contributed by atoms with van der Waals surface area (Å²) in [6.45, 7) is 2.14. The van der Waals surface area contributed by atoms with Gasteiger partial charge in [0, 0.05) is 31.4 Å². The van der Waals surface area contributed by atoms with Crippen molar-refractivity contribution in [3.63, 3.8) is 0 Å². The first-order valence-electron chi connectivity index (χ1n) is 5.33. The third kappa shape index (κ3) is 1.67. The van der Waals surface area contributed by atoms with Crippen LogP contribution in [0.2, 0.25) is 0 Å². The summed E-state index contributed by atoms with van der Waals surface area (Å²) in [7, 11) is 0. The first-order chi connectivity index (χ1) is 6.74. The van der Waals surface area contributed by atoms with Gasteiger partial charge in [0.1, 0.15) is 0 Å². The number of ether oxygens (including phenoxy) is 2. The molecule has 1 spiro atoms. The second-order valence-corrected chi connectivity index (χ2v) is 4.47. The SMILES string of the molecule is NCC1(CO)CCC2(CC1)OCCO2. The van der Waals surface area contributed by atoms with Crippen LogP contribution in [-0.4, -0.2) is 37.3 Å². The molecule has 14 heavy (non-hydrogen) atoms. The maximum absolute atomic E-state index is 9.31. The zero-order chi connectivity index (χ0) is 10.1.